The maximum absolute atomic E-state index is 11.9. The minimum atomic E-state index is -0.351. The Balaban J connectivity index is 2.02. The highest BCUT2D eigenvalue weighted by atomic mass is 79.9. The quantitative estimate of drug-likeness (QED) is 0.502. The van der Waals surface area contributed by atoms with E-state index in [2.05, 4.69) is 42.2 Å². The molecule has 3 aromatic rings. The summed E-state index contributed by atoms with van der Waals surface area (Å²) < 4.78 is 7.86. The second-order valence-electron chi connectivity index (χ2n) is 4.28. The largest absolute Gasteiger partial charge is 0.422 e. The predicted octanol–water partition coefficient (Wildman–Crippen LogP) is 3.09. The van der Waals surface area contributed by atoms with Gasteiger partial charge in [0.05, 0.1) is 17.8 Å². The molecule has 0 radical (unpaired) electrons. The molecular formula is C13H9Br2N3O2. The zero-order chi connectivity index (χ0) is 14.1. The number of nitrogens with zero attached hydrogens (tertiary/aromatic N) is 3. The molecule has 0 aliphatic heterocycles. The number of hydrogen-bond acceptors (Lipinski definition) is 4. The van der Waals surface area contributed by atoms with Crippen LogP contribution in [0.5, 0.6) is 0 Å². The Morgan fingerprint density at radius 3 is 2.90 bits per heavy atom. The van der Waals surface area contributed by atoms with Crippen molar-refractivity contribution in [1.82, 2.24) is 15.0 Å². The van der Waals surface area contributed by atoms with E-state index in [1.165, 1.54) is 0 Å². The number of alkyl halides is 1. The lowest BCUT2D eigenvalue weighted by Gasteiger charge is -2.02. The third-order valence-corrected chi connectivity index (χ3v) is 3.89. The first-order valence-electron chi connectivity index (χ1n) is 5.83. The van der Waals surface area contributed by atoms with Gasteiger partial charge in [-0.3, -0.25) is 0 Å². The molecule has 0 saturated heterocycles. The number of fused-ring (bicyclic) bond motifs is 1. The van der Waals surface area contributed by atoms with Crippen LogP contribution in [0.4, 0.5) is 0 Å². The van der Waals surface area contributed by atoms with Crippen molar-refractivity contribution in [2.24, 2.45) is 0 Å². The smallest absolute Gasteiger partial charge is 0.341 e. The first-order valence-corrected chi connectivity index (χ1v) is 7.74. The normalized spacial score (nSPS) is 11.1. The fourth-order valence-electron chi connectivity index (χ4n) is 1.90. The zero-order valence-corrected chi connectivity index (χ0v) is 13.4. The van der Waals surface area contributed by atoms with Crippen LogP contribution in [0, 0.1) is 0 Å². The van der Waals surface area contributed by atoms with Gasteiger partial charge in [0.25, 0.3) is 0 Å². The Morgan fingerprint density at radius 2 is 2.15 bits per heavy atom. The van der Waals surface area contributed by atoms with Crippen molar-refractivity contribution in [3.8, 4) is 0 Å². The van der Waals surface area contributed by atoms with E-state index in [4.69, 9.17) is 4.42 Å². The van der Waals surface area contributed by atoms with E-state index < -0.39 is 0 Å². The van der Waals surface area contributed by atoms with Crippen LogP contribution < -0.4 is 5.63 Å². The van der Waals surface area contributed by atoms with Crippen molar-refractivity contribution in [3.05, 3.63) is 56.6 Å². The molecule has 0 aliphatic rings. The van der Waals surface area contributed by atoms with Crippen molar-refractivity contribution in [1.29, 1.82) is 0 Å². The van der Waals surface area contributed by atoms with Crippen molar-refractivity contribution in [3.63, 3.8) is 0 Å². The monoisotopic (exact) mass is 397 g/mol. The zero-order valence-electron chi connectivity index (χ0n) is 10.2. The first kappa shape index (κ1) is 13.5. The van der Waals surface area contributed by atoms with Crippen molar-refractivity contribution in [2.45, 2.75) is 11.9 Å². The summed E-state index contributed by atoms with van der Waals surface area (Å²) in [5.41, 5.74) is 1.58. The molecule has 0 atom stereocenters. The van der Waals surface area contributed by atoms with Crippen LogP contribution in [-0.2, 0) is 11.9 Å². The van der Waals surface area contributed by atoms with Crippen LogP contribution in [-0.4, -0.2) is 15.0 Å². The molecule has 0 aliphatic carbocycles. The maximum Gasteiger partial charge on any atom is 0.341 e. The number of halogens is 2. The van der Waals surface area contributed by atoms with Gasteiger partial charge in [-0.2, -0.15) is 0 Å². The van der Waals surface area contributed by atoms with Crippen molar-refractivity contribution >= 4 is 42.8 Å². The van der Waals surface area contributed by atoms with E-state index in [0.717, 1.165) is 15.6 Å². The lowest BCUT2D eigenvalue weighted by atomic mass is 10.2. The molecule has 1 aromatic carbocycles. The second kappa shape index (κ2) is 5.49. The van der Waals surface area contributed by atoms with Crippen LogP contribution in [0.25, 0.3) is 11.0 Å². The molecule has 0 fully saturated rings. The molecule has 0 unspecified atom stereocenters. The highest BCUT2D eigenvalue weighted by Crippen LogP contribution is 2.19. The van der Waals surface area contributed by atoms with Gasteiger partial charge in [-0.25, -0.2) is 9.48 Å². The Labute approximate surface area is 130 Å². The molecule has 0 amide bonds. The van der Waals surface area contributed by atoms with Crippen LogP contribution in [0.2, 0.25) is 0 Å². The summed E-state index contributed by atoms with van der Waals surface area (Å²) in [6.07, 6.45) is 1.79. The van der Waals surface area contributed by atoms with Gasteiger partial charge in [0.1, 0.15) is 5.58 Å². The third kappa shape index (κ3) is 2.69. The topological polar surface area (TPSA) is 60.9 Å². The molecule has 0 saturated carbocycles. The van der Waals surface area contributed by atoms with Crippen molar-refractivity contribution in [2.75, 3.05) is 0 Å². The summed E-state index contributed by atoms with van der Waals surface area (Å²) >= 11 is 6.71. The highest BCUT2D eigenvalue weighted by molar-refractivity contribution is 9.10. The molecule has 0 N–H and O–H groups in total. The van der Waals surface area contributed by atoms with Gasteiger partial charge in [0.15, 0.2) is 0 Å². The molecule has 5 nitrogen and oxygen atoms in total. The maximum atomic E-state index is 11.9. The fourth-order valence-corrected chi connectivity index (χ4v) is 2.53. The van der Waals surface area contributed by atoms with Gasteiger partial charge >= 0.3 is 5.63 Å². The highest BCUT2D eigenvalue weighted by Gasteiger charge is 2.08. The van der Waals surface area contributed by atoms with Crippen molar-refractivity contribution < 1.29 is 4.42 Å². The lowest BCUT2D eigenvalue weighted by molar-refractivity contribution is 0.537. The fraction of sp³-hybridized carbons (Fsp3) is 0.154. The van der Waals surface area contributed by atoms with Crippen LogP contribution in [0.1, 0.15) is 11.3 Å². The van der Waals surface area contributed by atoms with E-state index >= 15 is 0 Å². The number of hydrogen-bond donors (Lipinski definition) is 0. The average Bonchev–Trinajstić information content (AvgIpc) is 2.88. The summed E-state index contributed by atoms with van der Waals surface area (Å²) in [7, 11) is 0. The van der Waals surface area contributed by atoms with Crippen LogP contribution in [0.3, 0.4) is 0 Å². The molecule has 20 heavy (non-hydrogen) atoms. The van der Waals surface area contributed by atoms with E-state index in [9.17, 15) is 4.79 Å². The molecular weight excluding hydrogens is 390 g/mol. The van der Waals surface area contributed by atoms with Crippen LogP contribution >= 0.6 is 31.9 Å². The van der Waals surface area contributed by atoms with Gasteiger partial charge in [-0.15, -0.1) is 5.10 Å². The standard InChI is InChI=1S/C13H9Br2N3O2/c14-5-11-7-18(17-16-11)6-9-3-8-4-10(15)1-2-12(8)20-13(9)19/h1-4,7H,5-6H2. The molecule has 102 valence electrons. The predicted molar refractivity (Wildman–Crippen MR) is 81.9 cm³/mol. The Kier molecular flexibility index (Phi) is 3.71. The van der Waals surface area contributed by atoms with E-state index in [-0.39, 0.29) is 5.63 Å². The van der Waals surface area contributed by atoms with Gasteiger partial charge in [0, 0.05) is 21.4 Å². The molecule has 2 heterocycles. The van der Waals surface area contributed by atoms with Gasteiger partial charge in [-0.1, -0.05) is 37.1 Å². The van der Waals surface area contributed by atoms with E-state index in [1.807, 2.05) is 18.2 Å². The second-order valence-corrected chi connectivity index (χ2v) is 5.76. The average molecular weight is 399 g/mol. The molecule has 7 heteroatoms. The summed E-state index contributed by atoms with van der Waals surface area (Å²) in [5.74, 6) is 0. The summed E-state index contributed by atoms with van der Waals surface area (Å²) in [6.45, 7) is 0.338. The van der Waals surface area contributed by atoms with E-state index in [1.54, 1.807) is 16.9 Å². The minimum Gasteiger partial charge on any atom is -0.422 e. The van der Waals surface area contributed by atoms with Gasteiger partial charge < -0.3 is 4.42 Å². The van der Waals surface area contributed by atoms with Gasteiger partial charge in [-0.05, 0) is 24.3 Å². The van der Waals surface area contributed by atoms with Gasteiger partial charge in [0.2, 0.25) is 0 Å². The summed E-state index contributed by atoms with van der Waals surface area (Å²) in [6, 6.07) is 7.34. The SMILES string of the molecule is O=c1oc2ccc(Br)cc2cc1Cn1cc(CBr)nn1. The number of rotatable bonds is 3. The number of aromatic nitrogens is 3. The first-order chi connectivity index (χ1) is 9.65. The summed E-state index contributed by atoms with van der Waals surface area (Å²) in [4.78, 5) is 11.9. The Hall–Kier alpha value is -1.47. The Morgan fingerprint density at radius 1 is 1.30 bits per heavy atom. The lowest BCUT2D eigenvalue weighted by Crippen LogP contribution is -2.12. The molecule has 0 bridgehead atoms. The molecule has 3 rings (SSSR count). The molecule has 0 spiro atoms. The molecule has 2 aromatic heterocycles. The van der Waals surface area contributed by atoms with E-state index in [0.29, 0.717) is 23.0 Å². The summed E-state index contributed by atoms with van der Waals surface area (Å²) in [5, 5.41) is 9.43. The Bertz CT molecular complexity index is 826. The minimum absolute atomic E-state index is 0.338. The third-order valence-electron chi connectivity index (χ3n) is 2.82. The number of benzene rings is 1. The van der Waals surface area contributed by atoms with Crippen LogP contribution in [0.15, 0.2) is 44.1 Å².